The van der Waals surface area contributed by atoms with Gasteiger partial charge < -0.3 is 15.0 Å². The molecule has 0 saturated heterocycles. The fourth-order valence-electron chi connectivity index (χ4n) is 4.09. The van der Waals surface area contributed by atoms with Crippen molar-refractivity contribution in [2.45, 2.75) is 25.6 Å². The van der Waals surface area contributed by atoms with Crippen LogP contribution in [-0.4, -0.2) is 29.4 Å². The summed E-state index contributed by atoms with van der Waals surface area (Å²) in [5, 5.41) is 4.85. The third-order valence-electron chi connectivity index (χ3n) is 6.19. The topological polar surface area (TPSA) is 58.6 Å². The van der Waals surface area contributed by atoms with Gasteiger partial charge in [0.15, 0.2) is 6.61 Å². The van der Waals surface area contributed by atoms with Crippen molar-refractivity contribution in [1.29, 1.82) is 0 Å². The van der Waals surface area contributed by atoms with Crippen molar-refractivity contribution in [1.82, 2.24) is 10.2 Å². The molecule has 206 valence electrons. The van der Waals surface area contributed by atoms with Crippen LogP contribution in [0.15, 0.2) is 97.1 Å². The maximum Gasteiger partial charge on any atom is 0.261 e. The van der Waals surface area contributed by atoms with Crippen LogP contribution in [0.2, 0.25) is 20.1 Å². The number of para-hydroxylation sites is 1. The molecule has 0 fully saturated rings. The molecule has 0 spiro atoms. The molecule has 0 aliphatic rings. The minimum atomic E-state index is -0.855. The highest BCUT2D eigenvalue weighted by atomic mass is 35.5. The van der Waals surface area contributed by atoms with Gasteiger partial charge in [0.05, 0.1) is 5.02 Å². The summed E-state index contributed by atoms with van der Waals surface area (Å²) < 4.78 is 5.77. The van der Waals surface area contributed by atoms with Crippen molar-refractivity contribution >= 4 is 58.2 Å². The zero-order chi connectivity index (χ0) is 28.5. The minimum Gasteiger partial charge on any atom is -0.482 e. The normalized spacial score (nSPS) is 11.5. The Labute approximate surface area is 253 Å². The van der Waals surface area contributed by atoms with Crippen LogP contribution in [0.4, 0.5) is 0 Å². The zero-order valence-electron chi connectivity index (χ0n) is 21.3. The van der Waals surface area contributed by atoms with E-state index in [-0.39, 0.29) is 37.9 Å². The Kier molecular flexibility index (Phi) is 10.7. The maximum absolute atomic E-state index is 13.8. The van der Waals surface area contributed by atoms with Gasteiger partial charge in [0.2, 0.25) is 5.91 Å². The smallest absolute Gasteiger partial charge is 0.261 e. The number of hydrogen-bond donors (Lipinski definition) is 1. The molecule has 0 aliphatic heterocycles. The average molecular weight is 616 g/mol. The molecule has 0 bridgehead atoms. The number of nitrogens with one attached hydrogen (secondary N) is 1. The monoisotopic (exact) mass is 614 g/mol. The number of carbonyl (C=O) groups excluding carboxylic acids is 2. The molecule has 40 heavy (non-hydrogen) atoms. The van der Waals surface area contributed by atoms with Gasteiger partial charge in [-0.15, -0.1) is 0 Å². The Hall–Kier alpha value is -3.22. The van der Waals surface area contributed by atoms with Gasteiger partial charge in [-0.2, -0.15) is 0 Å². The second-order valence-electron chi connectivity index (χ2n) is 9.03. The van der Waals surface area contributed by atoms with Gasteiger partial charge in [-0.3, -0.25) is 9.59 Å². The maximum atomic E-state index is 13.8. The number of amides is 2. The Morgan fingerprint density at radius 3 is 2.12 bits per heavy atom. The van der Waals surface area contributed by atoms with E-state index in [4.69, 9.17) is 51.1 Å². The highest BCUT2D eigenvalue weighted by Gasteiger charge is 2.31. The largest absolute Gasteiger partial charge is 0.482 e. The SMILES string of the molecule is O=C(NCc1ccc(Cl)cc1Cl)C(Cc1ccccc1)N(Cc1ccc(Cl)cc1)C(=O)COc1ccccc1Cl. The second kappa shape index (κ2) is 14.4. The first-order valence-electron chi connectivity index (χ1n) is 12.5. The molecule has 0 aromatic heterocycles. The van der Waals surface area contributed by atoms with Gasteiger partial charge in [0, 0.05) is 34.6 Å². The Morgan fingerprint density at radius 2 is 1.43 bits per heavy atom. The van der Waals surface area contributed by atoms with E-state index in [9.17, 15) is 9.59 Å². The molecule has 4 rings (SSSR count). The fourth-order valence-corrected chi connectivity index (χ4v) is 4.88. The molecule has 4 aromatic rings. The summed E-state index contributed by atoms with van der Waals surface area (Å²) in [5.41, 5.74) is 2.41. The number of carbonyl (C=O) groups is 2. The van der Waals surface area contributed by atoms with E-state index >= 15 is 0 Å². The molecule has 9 heteroatoms. The molecule has 1 unspecified atom stereocenters. The van der Waals surface area contributed by atoms with E-state index in [1.54, 1.807) is 54.6 Å². The van der Waals surface area contributed by atoms with E-state index in [0.29, 0.717) is 31.4 Å². The van der Waals surface area contributed by atoms with Crippen molar-refractivity contribution in [2.75, 3.05) is 6.61 Å². The van der Waals surface area contributed by atoms with Crippen molar-refractivity contribution in [2.24, 2.45) is 0 Å². The Bertz CT molecular complexity index is 1450. The summed E-state index contributed by atoms with van der Waals surface area (Å²) in [6.07, 6.45) is 0.284. The molecule has 5 nitrogen and oxygen atoms in total. The van der Waals surface area contributed by atoms with Crippen LogP contribution in [-0.2, 0) is 29.1 Å². The number of ether oxygens (including phenoxy) is 1. The number of nitrogens with zero attached hydrogens (tertiary/aromatic N) is 1. The van der Waals surface area contributed by atoms with Crippen LogP contribution in [0.3, 0.4) is 0 Å². The lowest BCUT2D eigenvalue weighted by atomic mass is 10.0. The highest BCUT2D eigenvalue weighted by molar-refractivity contribution is 6.35. The summed E-state index contributed by atoms with van der Waals surface area (Å²) in [4.78, 5) is 29.0. The lowest BCUT2D eigenvalue weighted by Crippen LogP contribution is -2.51. The summed E-state index contributed by atoms with van der Waals surface area (Å²) >= 11 is 24.7. The Balaban J connectivity index is 1.62. The van der Waals surface area contributed by atoms with E-state index in [1.165, 1.54) is 4.90 Å². The lowest BCUT2D eigenvalue weighted by molar-refractivity contribution is -0.142. The van der Waals surface area contributed by atoms with E-state index in [0.717, 1.165) is 11.1 Å². The third kappa shape index (κ3) is 8.39. The van der Waals surface area contributed by atoms with Gasteiger partial charge in [0.1, 0.15) is 11.8 Å². The zero-order valence-corrected chi connectivity index (χ0v) is 24.4. The summed E-state index contributed by atoms with van der Waals surface area (Å²) in [5.74, 6) is -0.337. The van der Waals surface area contributed by atoms with Crippen molar-refractivity contribution in [3.8, 4) is 5.75 Å². The number of halogens is 4. The molecule has 1 N–H and O–H groups in total. The molecule has 1 atom stereocenters. The van der Waals surface area contributed by atoms with Gasteiger partial charge in [0.25, 0.3) is 5.91 Å². The van der Waals surface area contributed by atoms with E-state index in [2.05, 4.69) is 5.32 Å². The van der Waals surface area contributed by atoms with Gasteiger partial charge in [-0.25, -0.2) is 0 Å². The first-order chi connectivity index (χ1) is 19.3. The van der Waals surface area contributed by atoms with Crippen LogP contribution >= 0.6 is 46.4 Å². The highest BCUT2D eigenvalue weighted by Crippen LogP contribution is 2.24. The fraction of sp³-hybridized carbons (Fsp3) is 0.161. The first-order valence-corrected chi connectivity index (χ1v) is 14.0. The van der Waals surface area contributed by atoms with Gasteiger partial charge >= 0.3 is 0 Å². The van der Waals surface area contributed by atoms with Crippen LogP contribution in [0.25, 0.3) is 0 Å². The average Bonchev–Trinajstić information content (AvgIpc) is 2.95. The second-order valence-corrected chi connectivity index (χ2v) is 10.7. The summed E-state index contributed by atoms with van der Waals surface area (Å²) in [7, 11) is 0. The van der Waals surface area contributed by atoms with Crippen molar-refractivity contribution in [3.05, 3.63) is 134 Å². The van der Waals surface area contributed by atoms with Crippen molar-refractivity contribution in [3.63, 3.8) is 0 Å². The standard InChI is InChI=1S/C31H26Cl4N2O3/c32-24-13-10-22(11-14-24)19-37(30(38)20-40-29-9-5-4-8-26(29)34)28(16-21-6-2-1-3-7-21)31(39)36-18-23-12-15-25(33)17-27(23)35/h1-15,17,28H,16,18-20H2,(H,36,39). The van der Waals surface area contributed by atoms with Crippen LogP contribution in [0.1, 0.15) is 16.7 Å². The van der Waals surface area contributed by atoms with E-state index in [1.807, 2.05) is 42.5 Å². The quantitative estimate of drug-likeness (QED) is 0.189. The van der Waals surface area contributed by atoms with Crippen molar-refractivity contribution < 1.29 is 14.3 Å². The van der Waals surface area contributed by atoms with Gasteiger partial charge in [-0.1, -0.05) is 107 Å². The van der Waals surface area contributed by atoms with Crippen LogP contribution in [0, 0.1) is 0 Å². The Morgan fingerprint density at radius 1 is 0.750 bits per heavy atom. The molecular weight excluding hydrogens is 590 g/mol. The predicted molar refractivity (Wildman–Crippen MR) is 161 cm³/mol. The van der Waals surface area contributed by atoms with Crippen LogP contribution in [0.5, 0.6) is 5.75 Å². The molecule has 0 aliphatic carbocycles. The van der Waals surface area contributed by atoms with Gasteiger partial charge in [-0.05, 0) is 53.1 Å². The predicted octanol–water partition coefficient (Wildman–Crippen LogP) is 7.64. The first kappa shape index (κ1) is 29.8. The molecule has 2 amide bonds. The molecular formula is C31H26Cl4N2O3. The molecule has 0 heterocycles. The molecule has 4 aromatic carbocycles. The van der Waals surface area contributed by atoms with E-state index < -0.39 is 6.04 Å². The molecule has 0 radical (unpaired) electrons. The summed E-state index contributed by atoms with van der Waals surface area (Å²) in [6, 6.07) is 27.8. The lowest BCUT2D eigenvalue weighted by Gasteiger charge is -2.31. The number of benzene rings is 4. The summed E-state index contributed by atoms with van der Waals surface area (Å²) in [6.45, 7) is 0.0205. The molecule has 0 saturated carbocycles. The third-order valence-corrected chi connectivity index (χ3v) is 7.34. The minimum absolute atomic E-state index is 0.161. The number of rotatable bonds is 11. The van der Waals surface area contributed by atoms with Crippen LogP contribution < -0.4 is 10.1 Å². The number of hydrogen-bond acceptors (Lipinski definition) is 3.